The van der Waals surface area contributed by atoms with Crippen molar-refractivity contribution in [1.29, 1.82) is 0 Å². The fourth-order valence-electron chi connectivity index (χ4n) is 4.74. The molecule has 4 aromatic carbocycles. The number of anilines is 2. The number of amides is 4. The van der Waals surface area contributed by atoms with E-state index < -0.39 is 17.1 Å². The molecular weight excluding hydrogens is 630 g/mol. The van der Waals surface area contributed by atoms with Gasteiger partial charge in [-0.2, -0.15) is 10.1 Å². The van der Waals surface area contributed by atoms with Gasteiger partial charge in [0.2, 0.25) is 5.91 Å². The topological polar surface area (TPSA) is 149 Å². The second kappa shape index (κ2) is 15.6. The van der Waals surface area contributed by atoms with Gasteiger partial charge in [0.15, 0.2) is 0 Å². The average Bonchev–Trinajstić information content (AvgIpc) is 3.47. The van der Waals surface area contributed by atoms with E-state index >= 15 is 0 Å². The van der Waals surface area contributed by atoms with Gasteiger partial charge >= 0.3 is 0 Å². The fraction of sp³-hybridized carbons (Fsp3) is 0.139. The highest BCUT2D eigenvalue weighted by molar-refractivity contribution is 8.00. The Bertz CT molecular complexity index is 1880. The van der Waals surface area contributed by atoms with Crippen LogP contribution in [0.25, 0.3) is 6.08 Å². The lowest BCUT2D eigenvalue weighted by Gasteiger charge is -2.16. The Morgan fingerprint density at radius 3 is 2.40 bits per heavy atom. The molecule has 4 amide bonds. The van der Waals surface area contributed by atoms with Crippen molar-refractivity contribution in [2.75, 3.05) is 17.4 Å². The van der Waals surface area contributed by atoms with E-state index in [4.69, 9.17) is 4.74 Å². The van der Waals surface area contributed by atoms with Gasteiger partial charge < -0.3 is 25.8 Å². The largest absolute Gasteiger partial charge is 0.508 e. The highest BCUT2D eigenvalue weighted by Gasteiger charge is 2.28. The van der Waals surface area contributed by atoms with Crippen molar-refractivity contribution in [1.82, 2.24) is 10.6 Å². The molecule has 1 atom stereocenters. The predicted molar refractivity (Wildman–Crippen MR) is 186 cm³/mol. The molecule has 0 fully saturated rings. The number of amidine groups is 1. The summed E-state index contributed by atoms with van der Waals surface area (Å²) in [4.78, 5) is 53.1. The fourth-order valence-corrected chi connectivity index (χ4v) is 5.76. The Balaban J connectivity index is 1.30. The second-order valence-electron chi connectivity index (χ2n) is 10.6. The Kier molecular flexibility index (Phi) is 10.9. The number of phenolic OH excluding ortho intramolecular Hbond substituents is 1. The van der Waals surface area contributed by atoms with Gasteiger partial charge in [-0.25, -0.2) is 0 Å². The number of benzene rings is 4. The van der Waals surface area contributed by atoms with E-state index in [0.29, 0.717) is 39.6 Å². The molecule has 4 N–H and O–H groups in total. The lowest BCUT2D eigenvalue weighted by atomic mass is 10.1. The van der Waals surface area contributed by atoms with Gasteiger partial charge in [-0.05, 0) is 67.1 Å². The monoisotopic (exact) mass is 663 g/mol. The summed E-state index contributed by atoms with van der Waals surface area (Å²) >= 11 is 1.30. The average molecular weight is 664 g/mol. The summed E-state index contributed by atoms with van der Waals surface area (Å²) in [6.45, 7) is 1.88. The number of nitrogens with zero attached hydrogens (tertiary/aromatic N) is 2. The Morgan fingerprint density at radius 2 is 1.69 bits per heavy atom. The van der Waals surface area contributed by atoms with Crippen LogP contribution in [0.15, 0.2) is 119 Å². The molecule has 0 saturated carbocycles. The summed E-state index contributed by atoms with van der Waals surface area (Å²) in [6, 6.07) is 28.8. The molecule has 1 heterocycles. The van der Waals surface area contributed by atoms with Crippen molar-refractivity contribution in [2.45, 2.75) is 29.9 Å². The molecular formula is C36H33N5O6S. The Morgan fingerprint density at radius 1 is 0.958 bits per heavy atom. The summed E-state index contributed by atoms with van der Waals surface area (Å²) < 4.78 is 5.36. The minimum Gasteiger partial charge on any atom is -0.508 e. The Hall–Kier alpha value is -5.88. The number of hydrogen-bond acceptors (Lipinski definition) is 8. The van der Waals surface area contributed by atoms with Gasteiger partial charge in [0, 0.05) is 27.8 Å². The molecule has 48 heavy (non-hydrogen) atoms. The zero-order chi connectivity index (χ0) is 34.0. The van der Waals surface area contributed by atoms with E-state index in [1.165, 1.54) is 42.1 Å². The molecule has 0 spiro atoms. The number of hydrogen-bond donors (Lipinski definition) is 4. The van der Waals surface area contributed by atoms with Crippen molar-refractivity contribution >= 4 is 58.7 Å². The number of carbonyl (C=O) groups excluding carboxylic acids is 4. The van der Waals surface area contributed by atoms with Gasteiger partial charge in [-0.1, -0.05) is 49.4 Å². The summed E-state index contributed by atoms with van der Waals surface area (Å²) in [5, 5.41) is 23.3. The van der Waals surface area contributed by atoms with E-state index in [1.807, 2.05) is 19.1 Å². The summed E-state index contributed by atoms with van der Waals surface area (Å²) in [7, 11) is 1.43. The highest BCUT2D eigenvalue weighted by Crippen LogP contribution is 2.29. The van der Waals surface area contributed by atoms with Crippen LogP contribution in [0.3, 0.4) is 0 Å². The van der Waals surface area contributed by atoms with Gasteiger partial charge in [0.05, 0.1) is 24.5 Å². The van der Waals surface area contributed by atoms with E-state index in [2.05, 4.69) is 21.1 Å². The third kappa shape index (κ3) is 8.47. The molecule has 0 radical (unpaired) electrons. The van der Waals surface area contributed by atoms with Crippen LogP contribution >= 0.6 is 11.8 Å². The highest BCUT2D eigenvalue weighted by atomic mass is 32.2. The van der Waals surface area contributed by atoms with E-state index in [0.717, 1.165) is 0 Å². The predicted octanol–water partition coefficient (Wildman–Crippen LogP) is 5.55. The molecule has 4 aromatic rings. The number of nitrogens with one attached hydrogen (secondary N) is 3. The minimum absolute atomic E-state index is 0.0179. The molecule has 1 unspecified atom stereocenters. The molecule has 1 aliphatic heterocycles. The van der Waals surface area contributed by atoms with Gasteiger partial charge in [-0.3, -0.25) is 19.2 Å². The number of thioether (sulfide) groups is 1. The molecule has 244 valence electrons. The van der Waals surface area contributed by atoms with Gasteiger partial charge in [-0.15, -0.1) is 11.8 Å². The van der Waals surface area contributed by atoms with Crippen LogP contribution in [-0.4, -0.2) is 46.9 Å². The van der Waals surface area contributed by atoms with Crippen LogP contribution in [0.1, 0.15) is 35.7 Å². The first-order chi connectivity index (χ1) is 23.2. The molecule has 1 aliphatic rings. The molecule has 0 aliphatic carbocycles. The smallest absolute Gasteiger partial charge is 0.272 e. The number of carbonyl (C=O) groups is 4. The SMILES string of the molecule is CCC(Sc1cccc(NC(=O)/C(=C\c2ccc(O)cc2OC)NC(=O)c2ccccc2)c1)C(=O)NC1=NN(c2ccccc2)C(=O)C1. The quantitative estimate of drug-likeness (QED) is 0.121. The van der Waals surface area contributed by atoms with Crippen LogP contribution in [0.4, 0.5) is 11.4 Å². The zero-order valence-corrected chi connectivity index (χ0v) is 27.0. The van der Waals surface area contributed by atoms with Crippen LogP contribution < -0.4 is 25.7 Å². The number of aromatic hydroxyl groups is 1. The maximum absolute atomic E-state index is 13.6. The zero-order valence-electron chi connectivity index (χ0n) is 26.2. The van der Waals surface area contributed by atoms with Crippen LogP contribution in [-0.2, 0) is 14.4 Å². The molecule has 0 aromatic heterocycles. The van der Waals surface area contributed by atoms with E-state index in [9.17, 15) is 24.3 Å². The third-order valence-electron chi connectivity index (χ3n) is 7.12. The van der Waals surface area contributed by atoms with Crippen molar-refractivity contribution < 1.29 is 29.0 Å². The van der Waals surface area contributed by atoms with Crippen LogP contribution in [0, 0.1) is 0 Å². The molecule has 12 heteroatoms. The summed E-state index contributed by atoms with van der Waals surface area (Å²) in [5.74, 6) is -1.07. The van der Waals surface area contributed by atoms with Gasteiger partial charge in [0.1, 0.15) is 23.0 Å². The number of para-hydroxylation sites is 1. The van der Waals surface area contributed by atoms with Crippen molar-refractivity contribution in [3.8, 4) is 11.5 Å². The number of rotatable bonds is 11. The standard InChI is InChI=1S/C36H33N5O6S/c1-3-31(36(46)39-32-22-33(43)41(40-32)26-14-8-5-9-15-26)48-28-16-10-13-25(20-28)37-35(45)29(38-34(44)23-11-6-4-7-12-23)19-24-17-18-27(42)21-30(24)47-2/h4-21,31,42H,3,22H2,1-2H3,(H,37,45)(H,38,44)(H,39,40,46)/b29-19+. The number of methoxy groups -OCH3 is 1. The lowest BCUT2D eigenvalue weighted by Crippen LogP contribution is -2.36. The lowest BCUT2D eigenvalue weighted by molar-refractivity contribution is -0.119. The van der Waals surface area contributed by atoms with E-state index in [-0.39, 0.29) is 35.5 Å². The number of phenols is 1. The maximum Gasteiger partial charge on any atom is 0.272 e. The van der Waals surface area contributed by atoms with Crippen molar-refractivity contribution in [3.63, 3.8) is 0 Å². The normalized spacial score (nSPS) is 13.4. The number of ether oxygens (including phenoxy) is 1. The molecule has 0 saturated heterocycles. The molecule has 11 nitrogen and oxygen atoms in total. The number of hydrazone groups is 1. The van der Waals surface area contributed by atoms with Crippen molar-refractivity contribution in [2.24, 2.45) is 5.10 Å². The minimum atomic E-state index is -0.603. The summed E-state index contributed by atoms with van der Waals surface area (Å²) in [6.07, 6.45) is 1.93. The van der Waals surface area contributed by atoms with Gasteiger partial charge in [0.25, 0.3) is 17.7 Å². The molecule has 0 bridgehead atoms. The van der Waals surface area contributed by atoms with Crippen LogP contribution in [0.5, 0.6) is 11.5 Å². The Labute approximate surface area is 281 Å². The van der Waals surface area contributed by atoms with Crippen molar-refractivity contribution in [3.05, 3.63) is 120 Å². The van der Waals surface area contributed by atoms with Crippen LogP contribution in [0.2, 0.25) is 0 Å². The summed E-state index contributed by atoms with van der Waals surface area (Å²) in [5.41, 5.74) is 1.80. The first-order valence-electron chi connectivity index (χ1n) is 15.0. The third-order valence-corrected chi connectivity index (χ3v) is 8.48. The van der Waals surface area contributed by atoms with E-state index in [1.54, 1.807) is 78.9 Å². The first-order valence-corrected chi connectivity index (χ1v) is 15.9. The molecule has 5 rings (SSSR count). The first kappa shape index (κ1) is 33.5. The maximum atomic E-state index is 13.6. The second-order valence-corrected chi connectivity index (χ2v) is 11.8.